The van der Waals surface area contributed by atoms with Gasteiger partial charge in [-0.05, 0) is 17.0 Å². The summed E-state index contributed by atoms with van der Waals surface area (Å²) >= 11 is 1.30. The summed E-state index contributed by atoms with van der Waals surface area (Å²) in [4.78, 5) is 22.8. The lowest BCUT2D eigenvalue weighted by Crippen LogP contribution is -2.28. The Hall–Kier alpha value is -2.14. The molecule has 0 saturated carbocycles. The first-order valence-corrected chi connectivity index (χ1v) is 6.19. The second-order valence-corrected chi connectivity index (χ2v) is 4.52. The third-order valence-electron chi connectivity index (χ3n) is 2.36. The number of carboxylic acid groups (broad SMARTS) is 1. The quantitative estimate of drug-likeness (QED) is 0.887. The molecule has 0 saturated heterocycles. The summed E-state index contributed by atoms with van der Waals surface area (Å²) < 4.78 is 0. The normalized spacial score (nSPS) is 10.0. The maximum absolute atomic E-state index is 11.8. The average Bonchev–Trinajstić information content (AvgIpc) is 2.86. The Labute approximate surface area is 108 Å². The lowest BCUT2D eigenvalue weighted by molar-refractivity contribution is -0.135. The van der Waals surface area contributed by atoms with Crippen LogP contribution in [0, 0.1) is 0 Å². The highest BCUT2D eigenvalue weighted by molar-refractivity contribution is 7.12. The molecular formula is C13H11NO3S. The van der Waals surface area contributed by atoms with Gasteiger partial charge in [0.2, 0.25) is 0 Å². The van der Waals surface area contributed by atoms with E-state index in [0.717, 1.165) is 11.1 Å². The van der Waals surface area contributed by atoms with Gasteiger partial charge in [-0.15, -0.1) is 11.3 Å². The van der Waals surface area contributed by atoms with Gasteiger partial charge in [-0.1, -0.05) is 30.3 Å². The number of benzene rings is 1. The van der Waals surface area contributed by atoms with Crippen molar-refractivity contribution in [3.8, 4) is 11.1 Å². The first-order chi connectivity index (χ1) is 8.68. The number of amides is 1. The summed E-state index contributed by atoms with van der Waals surface area (Å²) in [5.74, 6) is -1.41. The third-order valence-corrected chi connectivity index (χ3v) is 3.27. The molecule has 2 aromatic rings. The van der Waals surface area contributed by atoms with Crippen molar-refractivity contribution in [3.63, 3.8) is 0 Å². The smallest absolute Gasteiger partial charge is 0.322 e. The Kier molecular flexibility index (Phi) is 3.74. The molecule has 0 aliphatic rings. The summed E-state index contributed by atoms with van der Waals surface area (Å²) in [5.41, 5.74) is 1.77. The van der Waals surface area contributed by atoms with E-state index in [0.29, 0.717) is 4.88 Å². The lowest BCUT2D eigenvalue weighted by atomic mass is 10.1. The molecular weight excluding hydrogens is 250 g/mol. The van der Waals surface area contributed by atoms with Crippen LogP contribution in [0.2, 0.25) is 0 Å². The van der Waals surface area contributed by atoms with Crippen LogP contribution in [0.15, 0.2) is 41.8 Å². The lowest BCUT2D eigenvalue weighted by Gasteiger charge is -2.04. The van der Waals surface area contributed by atoms with Crippen LogP contribution in [0.3, 0.4) is 0 Å². The molecule has 2 rings (SSSR count). The molecule has 4 nitrogen and oxygen atoms in total. The molecule has 0 spiro atoms. The van der Waals surface area contributed by atoms with Gasteiger partial charge >= 0.3 is 5.97 Å². The van der Waals surface area contributed by atoms with Gasteiger partial charge < -0.3 is 10.4 Å². The van der Waals surface area contributed by atoms with Crippen LogP contribution in [0.1, 0.15) is 9.67 Å². The highest BCUT2D eigenvalue weighted by atomic mass is 32.1. The largest absolute Gasteiger partial charge is 0.480 e. The van der Waals surface area contributed by atoms with Gasteiger partial charge in [0.05, 0.1) is 4.88 Å². The van der Waals surface area contributed by atoms with Crippen molar-refractivity contribution < 1.29 is 14.7 Å². The molecule has 2 N–H and O–H groups in total. The first kappa shape index (κ1) is 12.3. The topological polar surface area (TPSA) is 66.4 Å². The molecule has 1 amide bonds. The summed E-state index contributed by atoms with van der Waals surface area (Å²) in [6.45, 7) is -0.370. The minimum atomic E-state index is -1.05. The van der Waals surface area contributed by atoms with Crippen molar-refractivity contribution in [1.29, 1.82) is 0 Å². The number of nitrogens with one attached hydrogen (secondary N) is 1. The minimum Gasteiger partial charge on any atom is -0.480 e. The van der Waals surface area contributed by atoms with Crippen molar-refractivity contribution >= 4 is 23.2 Å². The number of carboxylic acids is 1. The van der Waals surface area contributed by atoms with Crippen molar-refractivity contribution in [3.05, 3.63) is 46.7 Å². The SMILES string of the molecule is O=C(O)CNC(=O)c1sccc1-c1ccccc1. The van der Waals surface area contributed by atoms with E-state index >= 15 is 0 Å². The summed E-state index contributed by atoms with van der Waals surface area (Å²) in [6.07, 6.45) is 0. The molecule has 1 aromatic heterocycles. The number of aliphatic carboxylic acids is 1. The van der Waals surface area contributed by atoms with E-state index in [1.54, 1.807) is 0 Å². The molecule has 0 unspecified atom stereocenters. The highest BCUT2D eigenvalue weighted by Gasteiger charge is 2.14. The average molecular weight is 261 g/mol. The number of carbonyl (C=O) groups excluding carboxylic acids is 1. The monoisotopic (exact) mass is 261 g/mol. The molecule has 0 aliphatic heterocycles. The van der Waals surface area contributed by atoms with Crippen molar-refractivity contribution in [1.82, 2.24) is 5.32 Å². The predicted molar refractivity (Wildman–Crippen MR) is 69.7 cm³/mol. The Morgan fingerprint density at radius 2 is 1.89 bits per heavy atom. The van der Waals surface area contributed by atoms with E-state index < -0.39 is 5.97 Å². The second-order valence-electron chi connectivity index (χ2n) is 3.61. The highest BCUT2D eigenvalue weighted by Crippen LogP contribution is 2.27. The Bertz CT molecular complexity index is 563. The molecule has 18 heavy (non-hydrogen) atoms. The number of carbonyl (C=O) groups is 2. The summed E-state index contributed by atoms with van der Waals surface area (Å²) in [7, 11) is 0. The van der Waals surface area contributed by atoms with Crippen molar-refractivity contribution in [2.75, 3.05) is 6.54 Å². The maximum Gasteiger partial charge on any atom is 0.322 e. The number of hydrogen-bond donors (Lipinski definition) is 2. The van der Waals surface area contributed by atoms with Crippen LogP contribution in [0.5, 0.6) is 0 Å². The number of hydrogen-bond acceptors (Lipinski definition) is 3. The molecule has 0 aliphatic carbocycles. The van der Waals surface area contributed by atoms with Crippen LogP contribution in [-0.4, -0.2) is 23.5 Å². The Balaban J connectivity index is 2.23. The van der Waals surface area contributed by atoms with Crippen LogP contribution in [0.4, 0.5) is 0 Å². The second kappa shape index (κ2) is 5.46. The van der Waals surface area contributed by atoms with Crippen LogP contribution in [0.25, 0.3) is 11.1 Å². The molecule has 92 valence electrons. The van der Waals surface area contributed by atoms with E-state index in [1.165, 1.54) is 11.3 Å². The van der Waals surface area contributed by atoms with Gasteiger partial charge in [0, 0.05) is 5.56 Å². The van der Waals surface area contributed by atoms with Crippen LogP contribution < -0.4 is 5.32 Å². The number of thiophene rings is 1. The minimum absolute atomic E-state index is 0.355. The fourth-order valence-electron chi connectivity index (χ4n) is 1.57. The van der Waals surface area contributed by atoms with Gasteiger partial charge in [0.15, 0.2) is 0 Å². The molecule has 1 heterocycles. The summed E-state index contributed by atoms with van der Waals surface area (Å²) in [5, 5.41) is 12.7. The van der Waals surface area contributed by atoms with E-state index in [2.05, 4.69) is 5.32 Å². The summed E-state index contributed by atoms with van der Waals surface area (Å²) in [6, 6.07) is 11.4. The van der Waals surface area contributed by atoms with Crippen molar-refractivity contribution in [2.45, 2.75) is 0 Å². The zero-order valence-electron chi connectivity index (χ0n) is 9.42. The molecule has 0 fully saturated rings. The zero-order valence-corrected chi connectivity index (χ0v) is 10.2. The van der Waals surface area contributed by atoms with E-state index in [9.17, 15) is 9.59 Å². The first-order valence-electron chi connectivity index (χ1n) is 5.31. The molecule has 0 bridgehead atoms. The zero-order chi connectivity index (χ0) is 13.0. The van der Waals surface area contributed by atoms with Gasteiger partial charge in [-0.25, -0.2) is 0 Å². The maximum atomic E-state index is 11.8. The van der Waals surface area contributed by atoms with Gasteiger partial charge in [0.25, 0.3) is 5.91 Å². The van der Waals surface area contributed by atoms with Gasteiger partial charge in [-0.3, -0.25) is 9.59 Å². The van der Waals surface area contributed by atoms with Gasteiger partial charge in [0.1, 0.15) is 6.54 Å². The molecule has 1 aromatic carbocycles. The fourth-order valence-corrected chi connectivity index (χ4v) is 2.40. The molecule has 0 atom stereocenters. The standard InChI is InChI=1S/C13H11NO3S/c15-11(16)8-14-13(17)12-10(6-7-18-12)9-4-2-1-3-5-9/h1-7H,8H2,(H,14,17)(H,15,16). The fraction of sp³-hybridized carbons (Fsp3) is 0.0769. The number of rotatable bonds is 4. The third kappa shape index (κ3) is 2.75. The van der Waals surface area contributed by atoms with E-state index in [-0.39, 0.29) is 12.5 Å². The van der Waals surface area contributed by atoms with Crippen molar-refractivity contribution in [2.24, 2.45) is 0 Å². The molecule has 5 heteroatoms. The van der Waals surface area contributed by atoms with Crippen LogP contribution >= 0.6 is 11.3 Å². The Morgan fingerprint density at radius 1 is 1.17 bits per heavy atom. The van der Waals surface area contributed by atoms with E-state index in [1.807, 2.05) is 41.8 Å². The molecule has 0 radical (unpaired) electrons. The Morgan fingerprint density at radius 3 is 2.56 bits per heavy atom. The predicted octanol–water partition coefficient (Wildman–Crippen LogP) is 2.23. The van der Waals surface area contributed by atoms with Gasteiger partial charge in [-0.2, -0.15) is 0 Å². The van der Waals surface area contributed by atoms with E-state index in [4.69, 9.17) is 5.11 Å². The van der Waals surface area contributed by atoms with Crippen LogP contribution in [-0.2, 0) is 4.79 Å².